The molecule has 0 aliphatic rings. The van der Waals surface area contributed by atoms with Crippen LogP contribution >= 0.6 is 24.0 Å². The summed E-state index contributed by atoms with van der Waals surface area (Å²) in [6, 6.07) is 3.78. The Balaban J connectivity index is 0.00000576. The molecule has 0 saturated carbocycles. The van der Waals surface area contributed by atoms with Gasteiger partial charge in [0.1, 0.15) is 11.4 Å². The Labute approximate surface area is 166 Å². The van der Waals surface area contributed by atoms with Gasteiger partial charge >= 0.3 is 6.09 Å². The van der Waals surface area contributed by atoms with E-state index in [0.717, 1.165) is 12.2 Å². The first-order chi connectivity index (χ1) is 11.4. The third-order valence-electron chi connectivity index (χ3n) is 2.71. The number of guanidine groups is 1. The van der Waals surface area contributed by atoms with Crippen molar-refractivity contribution < 1.29 is 13.9 Å². The van der Waals surface area contributed by atoms with Crippen molar-refractivity contribution in [1.29, 1.82) is 0 Å². The van der Waals surface area contributed by atoms with Crippen LogP contribution in [0.2, 0.25) is 0 Å². The zero-order valence-corrected chi connectivity index (χ0v) is 17.5. The minimum atomic E-state index is -0.499. The van der Waals surface area contributed by atoms with Crippen LogP contribution in [0.15, 0.2) is 40.5 Å². The minimum Gasteiger partial charge on any atom is -0.469 e. The zero-order valence-electron chi connectivity index (χ0n) is 15.1. The fourth-order valence-electron chi connectivity index (χ4n) is 1.74. The largest absolute Gasteiger partial charge is 0.469 e. The van der Waals surface area contributed by atoms with E-state index in [9.17, 15) is 4.79 Å². The number of aliphatic imine (C=N–C) groups is 1. The summed E-state index contributed by atoms with van der Waals surface area (Å²) in [6.45, 7) is 11.3. The van der Waals surface area contributed by atoms with E-state index in [4.69, 9.17) is 9.15 Å². The number of carbonyl (C=O) groups is 1. The maximum atomic E-state index is 11.5. The van der Waals surface area contributed by atoms with Crippen molar-refractivity contribution >= 4 is 36.0 Å². The molecule has 0 radical (unpaired) electrons. The van der Waals surface area contributed by atoms with Crippen LogP contribution in [-0.2, 0) is 11.2 Å². The highest BCUT2D eigenvalue weighted by Gasteiger charge is 2.15. The lowest BCUT2D eigenvalue weighted by atomic mass is 10.2. The SMILES string of the molecule is C=CCNC(=NCCc1ccco1)NCCNC(=O)OC(C)(C)C.I. The first-order valence-corrected chi connectivity index (χ1v) is 8.03. The molecule has 3 N–H and O–H groups in total. The molecule has 1 aromatic rings. The lowest BCUT2D eigenvalue weighted by Crippen LogP contribution is -2.42. The van der Waals surface area contributed by atoms with Crippen LogP contribution in [0.25, 0.3) is 0 Å². The molecule has 0 aliphatic carbocycles. The van der Waals surface area contributed by atoms with Crippen molar-refractivity contribution in [2.75, 3.05) is 26.2 Å². The maximum Gasteiger partial charge on any atom is 0.407 e. The molecule has 1 heterocycles. The number of furan rings is 1. The summed E-state index contributed by atoms with van der Waals surface area (Å²) in [5.74, 6) is 1.56. The van der Waals surface area contributed by atoms with Crippen LogP contribution in [-0.4, -0.2) is 43.8 Å². The van der Waals surface area contributed by atoms with Crippen LogP contribution in [0.4, 0.5) is 4.79 Å². The van der Waals surface area contributed by atoms with E-state index in [1.165, 1.54) is 0 Å². The van der Waals surface area contributed by atoms with E-state index in [-0.39, 0.29) is 24.0 Å². The number of ether oxygens (including phenoxy) is 1. The van der Waals surface area contributed by atoms with E-state index in [1.807, 2.05) is 32.9 Å². The summed E-state index contributed by atoms with van der Waals surface area (Å²) < 4.78 is 10.4. The molecule has 0 bridgehead atoms. The summed E-state index contributed by atoms with van der Waals surface area (Å²) >= 11 is 0. The topological polar surface area (TPSA) is 87.9 Å². The van der Waals surface area contributed by atoms with E-state index < -0.39 is 11.7 Å². The van der Waals surface area contributed by atoms with E-state index in [2.05, 4.69) is 27.5 Å². The fourth-order valence-corrected chi connectivity index (χ4v) is 1.74. The standard InChI is InChI=1S/C17H28N4O3.HI/c1-5-9-18-15(19-10-8-14-7-6-13-23-14)20-11-12-21-16(22)24-17(2,3)4;/h5-7,13H,1,8-12H2,2-4H3,(H,21,22)(H2,18,19,20);1H. The number of nitrogens with zero attached hydrogens (tertiary/aromatic N) is 1. The average Bonchev–Trinajstić information content (AvgIpc) is 2.99. The van der Waals surface area contributed by atoms with Gasteiger partial charge in [0, 0.05) is 32.6 Å². The fraction of sp³-hybridized carbons (Fsp3) is 0.529. The molecular weight excluding hydrogens is 435 g/mol. The first kappa shape index (κ1) is 23.3. The number of carbonyl (C=O) groups excluding carboxylic acids is 1. The van der Waals surface area contributed by atoms with E-state index >= 15 is 0 Å². The molecule has 25 heavy (non-hydrogen) atoms. The zero-order chi connectivity index (χ0) is 17.8. The second-order valence-corrected chi connectivity index (χ2v) is 6.08. The van der Waals surface area contributed by atoms with Crippen molar-refractivity contribution in [3.63, 3.8) is 0 Å². The van der Waals surface area contributed by atoms with Gasteiger partial charge in [-0.3, -0.25) is 4.99 Å². The Kier molecular flexibility index (Phi) is 11.8. The van der Waals surface area contributed by atoms with E-state index in [1.54, 1.807) is 12.3 Å². The summed E-state index contributed by atoms with van der Waals surface area (Å²) in [7, 11) is 0. The quantitative estimate of drug-likeness (QED) is 0.181. The van der Waals surface area contributed by atoms with E-state index in [0.29, 0.717) is 32.1 Å². The van der Waals surface area contributed by atoms with Crippen LogP contribution in [0.5, 0.6) is 0 Å². The van der Waals surface area contributed by atoms with Crippen molar-refractivity contribution in [3.8, 4) is 0 Å². The Bertz CT molecular complexity index is 524. The average molecular weight is 464 g/mol. The molecule has 0 aliphatic heterocycles. The van der Waals surface area contributed by atoms with Crippen molar-refractivity contribution in [2.45, 2.75) is 32.8 Å². The van der Waals surface area contributed by atoms with Crippen molar-refractivity contribution in [2.24, 2.45) is 4.99 Å². The third kappa shape index (κ3) is 12.3. The van der Waals surface area contributed by atoms with Crippen LogP contribution in [0, 0.1) is 0 Å². The highest BCUT2D eigenvalue weighted by Crippen LogP contribution is 2.06. The molecule has 1 aromatic heterocycles. The number of hydrogen-bond acceptors (Lipinski definition) is 4. The Hall–Kier alpha value is -1.71. The molecule has 1 rings (SSSR count). The van der Waals surface area contributed by atoms with Gasteiger partial charge in [0.2, 0.25) is 0 Å². The Morgan fingerprint density at radius 2 is 2.04 bits per heavy atom. The van der Waals surface area contributed by atoms with Gasteiger partial charge in [-0.2, -0.15) is 0 Å². The molecule has 7 nitrogen and oxygen atoms in total. The number of nitrogens with one attached hydrogen (secondary N) is 3. The second-order valence-electron chi connectivity index (χ2n) is 6.08. The highest BCUT2D eigenvalue weighted by molar-refractivity contribution is 14.0. The third-order valence-corrected chi connectivity index (χ3v) is 2.71. The highest BCUT2D eigenvalue weighted by atomic mass is 127. The predicted molar refractivity (Wildman–Crippen MR) is 111 cm³/mol. The minimum absolute atomic E-state index is 0. The summed E-state index contributed by atoms with van der Waals surface area (Å²) in [6.07, 6.45) is 3.70. The van der Waals surface area contributed by atoms with Gasteiger partial charge in [0.05, 0.1) is 6.26 Å². The lowest BCUT2D eigenvalue weighted by Gasteiger charge is -2.19. The summed E-state index contributed by atoms with van der Waals surface area (Å²) in [5, 5.41) is 8.95. The molecule has 8 heteroatoms. The molecular formula is C17H29IN4O3. The molecule has 1 amide bonds. The van der Waals surface area contributed by atoms with Crippen molar-refractivity contribution in [1.82, 2.24) is 16.0 Å². The number of hydrogen-bond donors (Lipinski definition) is 3. The molecule has 0 unspecified atom stereocenters. The number of alkyl carbamates (subject to hydrolysis) is 1. The monoisotopic (exact) mass is 464 g/mol. The van der Waals surface area contributed by atoms with Crippen molar-refractivity contribution in [3.05, 3.63) is 36.8 Å². The lowest BCUT2D eigenvalue weighted by molar-refractivity contribution is 0.0529. The second kappa shape index (κ2) is 12.6. The summed E-state index contributed by atoms with van der Waals surface area (Å²) in [5.41, 5.74) is -0.499. The molecule has 0 saturated heterocycles. The first-order valence-electron chi connectivity index (χ1n) is 8.03. The molecule has 0 aromatic carbocycles. The van der Waals surface area contributed by atoms with Crippen LogP contribution < -0.4 is 16.0 Å². The summed E-state index contributed by atoms with van der Waals surface area (Å²) in [4.78, 5) is 16.0. The van der Waals surface area contributed by atoms with Gasteiger partial charge in [-0.25, -0.2) is 4.79 Å². The van der Waals surface area contributed by atoms with Gasteiger partial charge in [0.15, 0.2) is 5.96 Å². The molecule has 142 valence electrons. The maximum absolute atomic E-state index is 11.5. The molecule has 0 fully saturated rings. The van der Waals surface area contributed by atoms with Gasteiger partial charge < -0.3 is 25.1 Å². The number of rotatable bonds is 8. The van der Waals surface area contributed by atoms with Crippen LogP contribution in [0.1, 0.15) is 26.5 Å². The normalized spacial score (nSPS) is 11.2. The molecule has 0 spiro atoms. The Morgan fingerprint density at radius 3 is 2.64 bits per heavy atom. The number of amides is 1. The Morgan fingerprint density at radius 1 is 1.32 bits per heavy atom. The van der Waals surface area contributed by atoms with Crippen LogP contribution in [0.3, 0.4) is 0 Å². The smallest absolute Gasteiger partial charge is 0.407 e. The predicted octanol–water partition coefficient (Wildman–Crippen LogP) is 2.69. The van der Waals surface area contributed by atoms with Gasteiger partial charge in [-0.15, -0.1) is 30.6 Å². The van der Waals surface area contributed by atoms with Gasteiger partial charge in [-0.1, -0.05) is 6.08 Å². The number of halogens is 1. The van der Waals surface area contributed by atoms with Gasteiger partial charge in [0.25, 0.3) is 0 Å². The van der Waals surface area contributed by atoms with Gasteiger partial charge in [-0.05, 0) is 32.9 Å². The molecule has 0 atom stereocenters.